The maximum absolute atomic E-state index is 13.4. The van der Waals surface area contributed by atoms with E-state index < -0.39 is 23.5 Å². The summed E-state index contributed by atoms with van der Waals surface area (Å²) in [6.07, 6.45) is -0.880. The highest BCUT2D eigenvalue weighted by molar-refractivity contribution is 5.98. The summed E-state index contributed by atoms with van der Waals surface area (Å²) in [4.78, 5) is 37.8. The quantitative estimate of drug-likeness (QED) is 0.470. The summed E-state index contributed by atoms with van der Waals surface area (Å²) in [6, 6.07) is 9.28. The van der Waals surface area contributed by atoms with Gasteiger partial charge in [0, 0.05) is 6.07 Å². The predicted octanol–water partition coefficient (Wildman–Crippen LogP) is 3.59. The smallest absolute Gasteiger partial charge is 0.375 e. The molecule has 0 bridgehead atoms. The molecule has 9 heteroatoms. The largest absolute Gasteiger partial charge is 0.493 e. The lowest BCUT2D eigenvalue weighted by molar-refractivity contribution is -0.147. The van der Waals surface area contributed by atoms with Crippen molar-refractivity contribution in [1.29, 1.82) is 0 Å². The van der Waals surface area contributed by atoms with E-state index in [2.05, 4.69) is 4.74 Å². The Labute approximate surface area is 189 Å². The number of fused-ring (bicyclic) bond motifs is 1. The van der Waals surface area contributed by atoms with Gasteiger partial charge in [-0.15, -0.1) is 0 Å². The van der Waals surface area contributed by atoms with E-state index in [4.69, 9.17) is 23.4 Å². The van der Waals surface area contributed by atoms with Crippen LogP contribution in [0.25, 0.3) is 22.1 Å². The Morgan fingerprint density at radius 3 is 2.36 bits per heavy atom. The molecule has 0 saturated carbocycles. The van der Waals surface area contributed by atoms with Crippen molar-refractivity contribution in [3.63, 3.8) is 0 Å². The Kier molecular flexibility index (Phi) is 7.22. The molecule has 174 valence electrons. The first-order chi connectivity index (χ1) is 15.8. The van der Waals surface area contributed by atoms with E-state index >= 15 is 0 Å². The zero-order valence-electron chi connectivity index (χ0n) is 18.9. The second-order valence-corrected chi connectivity index (χ2v) is 6.87. The number of methoxy groups -OCH3 is 3. The number of carbonyl (C=O) groups is 2. The lowest BCUT2D eigenvalue weighted by Crippen LogP contribution is -2.24. The van der Waals surface area contributed by atoms with Gasteiger partial charge < -0.3 is 28.1 Å². The standard InChI is InChI=1S/C24H24O9/c1-6-31-24(27)22-20(14-7-10-17(28-3)19(11-14)29-4)21(25)16-9-8-15(12-18(16)33-22)32-13(2)23(26)30-5/h7-13H,6H2,1-5H3. The van der Waals surface area contributed by atoms with Gasteiger partial charge in [0.05, 0.1) is 38.9 Å². The van der Waals surface area contributed by atoms with Gasteiger partial charge in [-0.1, -0.05) is 6.07 Å². The molecule has 0 saturated heterocycles. The number of benzene rings is 2. The molecule has 0 fully saturated rings. The fourth-order valence-corrected chi connectivity index (χ4v) is 3.26. The molecule has 9 nitrogen and oxygen atoms in total. The zero-order chi connectivity index (χ0) is 24.1. The summed E-state index contributed by atoms with van der Waals surface area (Å²) in [5.74, 6) is -0.518. The van der Waals surface area contributed by atoms with E-state index in [1.165, 1.54) is 46.5 Å². The third-order valence-corrected chi connectivity index (χ3v) is 4.84. The van der Waals surface area contributed by atoms with E-state index in [0.717, 1.165) is 0 Å². The van der Waals surface area contributed by atoms with Crippen molar-refractivity contribution in [2.45, 2.75) is 20.0 Å². The van der Waals surface area contributed by atoms with E-state index in [1.54, 1.807) is 25.1 Å². The van der Waals surface area contributed by atoms with Crippen LogP contribution in [0, 0.1) is 0 Å². The van der Waals surface area contributed by atoms with Crippen molar-refractivity contribution in [3.05, 3.63) is 52.4 Å². The maximum Gasteiger partial charge on any atom is 0.375 e. The summed E-state index contributed by atoms with van der Waals surface area (Å²) < 4.78 is 31.7. The Hall–Kier alpha value is -4.01. The van der Waals surface area contributed by atoms with Gasteiger partial charge in [0.15, 0.2) is 17.6 Å². The van der Waals surface area contributed by atoms with Gasteiger partial charge >= 0.3 is 11.9 Å². The van der Waals surface area contributed by atoms with Crippen LogP contribution in [0.4, 0.5) is 0 Å². The number of rotatable bonds is 8. The van der Waals surface area contributed by atoms with Crippen molar-refractivity contribution >= 4 is 22.9 Å². The minimum atomic E-state index is -0.880. The summed E-state index contributed by atoms with van der Waals surface area (Å²) in [5, 5.41) is 0.214. The van der Waals surface area contributed by atoms with Crippen molar-refractivity contribution < 1.29 is 37.7 Å². The fourth-order valence-electron chi connectivity index (χ4n) is 3.26. The van der Waals surface area contributed by atoms with Gasteiger partial charge in [0.1, 0.15) is 11.3 Å². The van der Waals surface area contributed by atoms with E-state index in [-0.39, 0.29) is 34.6 Å². The highest BCUT2D eigenvalue weighted by atomic mass is 16.6. The number of hydrogen-bond donors (Lipinski definition) is 0. The number of carbonyl (C=O) groups excluding carboxylic acids is 2. The highest BCUT2D eigenvalue weighted by Crippen LogP contribution is 2.34. The fraction of sp³-hybridized carbons (Fsp3) is 0.292. The van der Waals surface area contributed by atoms with Gasteiger partial charge in [-0.25, -0.2) is 9.59 Å². The minimum absolute atomic E-state index is 0.0264. The molecule has 3 rings (SSSR count). The molecule has 0 spiro atoms. The first kappa shape index (κ1) is 23.6. The van der Waals surface area contributed by atoms with Gasteiger partial charge in [-0.05, 0) is 43.7 Å². The van der Waals surface area contributed by atoms with Crippen LogP contribution in [0.15, 0.2) is 45.6 Å². The molecule has 1 heterocycles. The molecule has 1 aromatic heterocycles. The van der Waals surface area contributed by atoms with Crippen LogP contribution in [0.3, 0.4) is 0 Å². The molecule has 2 aromatic carbocycles. The summed E-state index contributed by atoms with van der Waals surface area (Å²) >= 11 is 0. The number of esters is 2. The van der Waals surface area contributed by atoms with Crippen molar-refractivity contribution in [2.75, 3.05) is 27.9 Å². The Bertz CT molecular complexity index is 1240. The second kappa shape index (κ2) is 10.1. The topological polar surface area (TPSA) is 111 Å². The molecule has 0 aliphatic heterocycles. The van der Waals surface area contributed by atoms with Gasteiger partial charge in [-0.2, -0.15) is 0 Å². The Balaban J connectivity index is 2.21. The lowest BCUT2D eigenvalue weighted by Gasteiger charge is -2.14. The van der Waals surface area contributed by atoms with Crippen molar-refractivity contribution in [1.82, 2.24) is 0 Å². The van der Waals surface area contributed by atoms with Crippen LogP contribution in [-0.4, -0.2) is 46.0 Å². The number of ether oxygens (including phenoxy) is 5. The first-order valence-electron chi connectivity index (χ1n) is 10.1. The molecule has 0 aliphatic rings. The zero-order valence-corrected chi connectivity index (χ0v) is 18.9. The molecule has 1 atom stereocenters. The molecular formula is C24H24O9. The average molecular weight is 456 g/mol. The Morgan fingerprint density at radius 1 is 1.00 bits per heavy atom. The first-order valence-corrected chi connectivity index (χ1v) is 10.1. The van der Waals surface area contributed by atoms with E-state index in [0.29, 0.717) is 17.1 Å². The van der Waals surface area contributed by atoms with Crippen LogP contribution in [0.1, 0.15) is 24.4 Å². The third kappa shape index (κ3) is 4.77. The summed E-state index contributed by atoms with van der Waals surface area (Å²) in [6.45, 7) is 3.26. The Morgan fingerprint density at radius 2 is 1.73 bits per heavy atom. The summed E-state index contributed by atoms with van der Waals surface area (Å²) in [7, 11) is 4.21. The molecule has 0 N–H and O–H groups in total. The minimum Gasteiger partial charge on any atom is -0.493 e. The third-order valence-electron chi connectivity index (χ3n) is 4.84. The molecule has 33 heavy (non-hydrogen) atoms. The average Bonchev–Trinajstić information content (AvgIpc) is 2.82. The van der Waals surface area contributed by atoms with Gasteiger partial charge in [0.25, 0.3) is 0 Å². The van der Waals surface area contributed by atoms with Crippen LogP contribution in [-0.2, 0) is 14.3 Å². The number of hydrogen-bond acceptors (Lipinski definition) is 9. The normalized spacial score (nSPS) is 11.5. The monoisotopic (exact) mass is 456 g/mol. The lowest BCUT2D eigenvalue weighted by atomic mass is 10.0. The SMILES string of the molecule is CCOC(=O)c1oc2cc(OC(C)C(=O)OC)ccc2c(=O)c1-c1ccc(OC)c(OC)c1. The maximum atomic E-state index is 13.4. The molecule has 1 unspecified atom stereocenters. The summed E-state index contributed by atoms with van der Waals surface area (Å²) in [5.41, 5.74) is 0.0745. The van der Waals surface area contributed by atoms with Crippen LogP contribution in [0.2, 0.25) is 0 Å². The molecule has 0 radical (unpaired) electrons. The second-order valence-electron chi connectivity index (χ2n) is 6.87. The molecule has 0 aliphatic carbocycles. The van der Waals surface area contributed by atoms with Gasteiger partial charge in [-0.3, -0.25) is 4.79 Å². The van der Waals surface area contributed by atoms with Crippen molar-refractivity contribution in [3.8, 4) is 28.4 Å². The highest BCUT2D eigenvalue weighted by Gasteiger charge is 2.25. The predicted molar refractivity (Wildman–Crippen MR) is 119 cm³/mol. The van der Waals surface area contributed by atoms with Gasteiger partial charge in [0.2, 0.25) is 11.2 Å². The van der Waals surface area contributed by atoms with Crippen LogP contribution in [0.5, 0.6) is 17.2 Å². The molecular weight excluding hydrogens is 432 g/mol. The van der Waals surface area contributed by atoms with E-state index in [1.807, 2.05) is 0 Å². The van der Waals surface area contributed by atoms with Crippen LogP contribution >= 0.6 is 0 Å². The van der Waals surface area contributed by atoms with E-state index in [9.17, 15) is 14.4 Å². The molecule has 0 amide bonds. The van der Waals surface area contributed by atoms with Crippen LogP contribution < -0.4 is 19.6 Å². The molecule has 3 aromatic rings. The van der Waals surface area contributed by atoms with Crippen molar-refractivity contribution in [2.24, 2.45) is 0 Å².